The monoisotopic (exact) mass is 346 g/mol. The van der Waals surface area contributed by atoms with Crippen LogP contribution in [0.5, 0.6) is 0 Å². The number of amides is 1. The summed E-state index contributed by atoms with van der Waals surface area (Å²) in [6, 6.07) is 12.4. The van der Waals surface area contributed by atoms with Crippen molar-refractivity contribution in [3.8, 4) is 5.82 Å². The van der Waals surface area contributed by atoms with E-state index in [4.69, 9.17) is 0 Å². The van der Waals surface area contributed by atoms with E-state index in [0.717, 1.165) is 0 Å². The van der Waals surface area contributed by atoms with Crippen LogP contribution in [0.3, 0.4) is 0 Å². The van der Waals surface area contributed by atoms with Crippen LogP contribution >= 0.6 is 0 Å². The molecule has 0 bridgehead atoms. The minimum atomic E-state index is -0.343. The summed E-state index contributed by atoms with van der Waals surface area (Å²) >= 11 is 0. The fourth-order valence-corrected chi connectivity index (χ4v) is 2.68. The van der Waals surface area contributed by atoms with Crippen LogP contribution in [-0.2, 0) is 11.3 Å². The molecule has 0 saturated carbocycles. The number of hydrogen-bond acceptors (Lipinski definition) is 5. The highest BCUT2D eigenvalue weighted by Gasteiger charge is 2.12. The molecule has 0 spiro atoms. The lowest BCUT2D eigenvalue weighted by molar-refractivity contribution is -0.116. The molecular weight excluding hydrogens is 332 g/mol. The number of nitrogens with one attached hydrogen (secondary N) is 1. The van der Waals surface area contributed by atoms with Gasteiger partial charge in [-0.1, -0.05) is 12.1 Å². The number of pyridine rings is 1. The average molecular weight is 346 g/mol. The van der Waals surface area contributed by atoms with E-state index < -0.39 is 0 Å². The number of aromatic nitrogens is 5. The number of nitrogens with zero attached hydrogens (tertiary/aromatic N) is 5. The topological polar surface area (TPSA) is 94.7 Å². The third kappa shape index (κ3) is 2.95. The van der Waals surface area contributed by atoms with E-state index in [1.807, 2.05) is 6.07 Å². The Morgan fingerprint density at radius 1 is 1.04 bits per heavy atom. The van der Waals surface area contributed by atoms with Gasteiger partial charge in [0.2, 0.25) is 5.91 Å². The molecule has 8 heteroatoms. The van der Waals surface area contributed by atoms with E-state index >= 15 is 0 Å². The van der Waals surface area contributed by atoms with Crippen molar-refractivity contribution < 1.29 is 4.79 Å². The molecule has 0 aliphatic heterocycles. The van der Waals surface area contributed by atoms with Gasteiger partial charge in [-0.2, -0.15) is 5.10 Å². The molecule has 3 aromatic heterocycles. The molecule has 1 aromatic carbocycles. The summed E-state index contributed by atoms with van der Waals surface area (Å²) in [6.45, 7) is -0.130. The van der Waals surface area contributed by atoms with Crippen LogP contribution in [0, 0.1) is 0 Å². The lowest BCUT2D eigenvalue weighted by Gasteiger charge is -2.12. The molecule has 128 valence electrons. The van der Waals surface area contributed by atoms with Gasteiger partial charge in [-0.3, -0.25) is 14.2 Å². The number of carbonyl (C=O) groups is 1. The Hall–Kier alpha value is -3.81. The minimum Gasteiger partial charge on any atom is -0.321 e. The lowest BCUT2D eigenvalue weighted by Crippen LogP contribution is -2.28. The zero-order chi connectivity index (χ0) is 17.9. The molecule has 1 amide bonds. The summed E-state index contributed by atoms with van der Waals surface area (Å²) in [5, 5.41) is 6.93. The molecular formula is C18H14N6O2. The van der Waals surface area contributed by atoms with Crippen molar-refractivity contribution in [3.05, 3.63) is 77.6 Å². The van der Waals surface area contributed by atoms with Crippen LogP contribution in [0.4, 0.5) is 5.69 Å². The van der Waals surface area contributed by atoms with Crippen LogP contribution in [0.25, 0.3) is 16.9 Å². The van der Waals surface area contributed by atoms with Crippen molar-refractivity contribution in [3.63, 3.8) is 0 Å². The van der Waals surface area contributed by atoms with E-state index in [2.05, 4.69) is 20.4 Å². The van der Waals surface area contributed by atoms with Gasteiger partial charge >= 0.3 is 0 Å². The molecule has 1 N–H and O–H groups in total. The average Bonchev–Trinajstić information content (AvgIpc) is 3.19. The Labute approximate surface area is 147 Å². The van der Waals surface area contributed by atoms with Crippen molar-refractivity contribution in [1.29, 1.82) is 0 Å². The molecule has 3 heterocycles. The van der Waals surface area contributed by atoms with Crippen LogP contribution in [0.2, 0.25) is 0 Å². The quantitative estimate of drug-likeness (QED) is 0.606. The van der Waals surface area contributed by atoms with Gasteiger partial charge in [-0.25, -0.2) is 14.6 Å². The van der Waals surface area contributed by atoms with Gasteiger partial charge in [-0.15, -0.1) is 0 Å². The van der Waals surface area contributed by atoms with E-state index in [0.29, 0.717) is 22.5 Å². The first kappa shape index (κ1) is 15.7. The highest BCUT2D eigenvalue weighted by Crippen LogP contribution is 2.16. The maximum absolute atomic E-state index is 12.6. The Balaban J connectivity index is 1.64. The second-order valence-corrected chi connectivity index (χ2v) is 5.54. The number of carbonyl (C=O) groups excluding carboxylic acids is 1. The predicted octanol–water partition coefficient (Wildman–Crippen LogP) is 1.62. The SMILES string of the molecule is O=C(Cn1c(=O)cnc2ccccc21)Nc1cccnc1-n1cccn1. The van der Waals surface area contributed by atoms with Gasteiger partial charge in [0.15, 0.2) is 5.82 Å². The van der Waals surface area contributed by atoms with Gasteiger partial charge in [0.05, 0.1) is 22.9 Å². The molecule has 0 aliphatic carbocycles. The first-order valence-electron chi connectivity index (χ1n) is 7.92. The number of fused-ring (bicyclic) bond motifs is 1. The standard InChI is InChI=1S/C18H14N6O2/c25-16(12-23-15-7-2-1-5-13(15)20-11-17(23)26)22-14-6-3-8-19-18(14)24-10-4-9-21-24/h1-11H,12H2,(H,22,25). The summed E-state index contributed by atoms with van der Waals surface area (Å²) in [4.78, 5) is 33.1. The highest BCUT2D eigenvalue weighted by molar-refractivity contribution is 5.93. The summed E-state index contributed by atoms with van der Waals surface area (Å²) in [5.74, 6) is 0.155. The maximum Gasteiger partial charge on any atom is 0.269 e. The number of para-hydroxylation sites is 2. The largest absolute Gasteiger partial charge is 0.321 e. The van der Waals surface area contributed by atoms with Gasteiger partial charge < -0.3 is 5.32 Å². The Morgan fingerprint density at radius 2 is 1.92 bits per heavy atom. The fraction of sp³-hybridized carbons (Fsp3) is 0.0556. The van der Waals surface area contributed by atoms with Crippen molar-refractivity contribution in [2.75, 3.05) is 5.32 Å². The van der Waals surface area contributed by atoms with Crippen molar-refractivity contribution >= 4 is 22.6 Å². The normalized spacial score (nSPS) is 10.8. The molecule has 26 heavy (non-hydrogen) atoms. The lowest BCUT2D eigenvalue weighted by atomic mass is 10.3. The molecule has 0 aliphatic rings. The second kappa shape index (κ2) is 6.60. The number of anilines is 1. The summed E-state index contributed by atoms with van der Waals surface area (Å²) in [5.41, 5.74) is 1.43. The smallest absolute Gasteiger partial charge is 0.269 e. The summed E-state index contributed by atoms with van der Waals surface area (Å²) in [7, 11) is 0. The molecule has 0 unspecified atom stereocenters. The predicted molar refractivity (Wildman–Crippen MR) is 96.0 cm³/mol. The van der Waals surface area contributed by atoms with E-state index in [1.54, 1.807) is 59.7 Å². The Bertz CT molecular complexity index is 1130. The Morgan fingerprint density at radius 3 is 2.77 bits per heavy atom. The van der Waals surface area contributed by atoms with Crippen molar-refractivity contribution in [1.82, 2.24) is 24.3 Å². The van der Waals surface area contributed by atoms with E-state index in [-0.39, 0.29) is 18.0 Å². The number of rotatable bonds is 4. The van der Waals surface area contributed by atoms with Crippen LogP contribution in [-0.4, -0.2) is 30.2 Å². The molecule has 0 atom stereocenters. The highest BCUT2D eigenvalue weighted by atomic mass is 16.2. The van der Waals surface area contributed by atoms with Gasteiger partial charge in [-0.05, 0) is 30.3 Å². The summed E-state index contributed by atoms with van der Waals surface area (Å²) < 4.78 is 2.95. The first-order chi connectivity index (χ1) is 12.7. The van der Waals surface area contributed by atoms with E-state index in [1.165, 1.54) is 10.8 Å². The van der Waals surface area contributed by atoms with Crippen molar-refractivity contribution in [2.45, 2.75) is 6.54 Å². The summed E-state index contributed by atoms with van der Waals surface area (Å²) in [6.07, 6.45) is 6.20. The molecule has 4 rings (SSSR count). The van der Waals surface area contributed by atoms with Crippen LogP contribution in [0.1, 0.15) is 0 Å². The molecule has 0 fully saturated rings. The second-order valence-electron chi connectivity index (χ2n) is 5.54. The third-order valence-corrected chi connectivity index (χ3v) is 3.84. The number of benzene rings is 1. The first-order valence-corrected chi connectivity index (χ1v) is 7.92. The molecule has 0 radical (unpaired) electrons. The van der Waals surface area contributed by atoms with Gasteiger partial charge in [0.25, 0.3) is 5.56 Å². The van der Waals surface area contributed by atoms with Gasteiger partial charge in [0, 0.05) is 18.6 Å². The number of hydrogen-bond donors (Lipinski definition) is 1. The van der Waals surface area contributed by atoms with Crippen molar-refractivity contribution in [2.24, 2.45) is 0 Å². The van der Waals surface area contributed by atoms with Crippen LogP contribution in [0.15, 0.2) is 72.0 Å². The zero-order valence-electron chi connectivity index (χ0n) is 13.6. The Kier molecular flexibility index (Phi) is 3.98. The van der Waals surface area contributed by atoms with E-state index in [9.17, 15) is 9.59 Å². The van der Waals surface area contributed by atoms with Gasteiger partial charge in [0.1, 0.15) is 6.54 Å². The zero-order valence-corrected chi connectivity index (χ0v) is 13.6. The molecule has 8 nitrogen and oxygen atoms in total. The third-order valence-electron chi connectivity index (χ3n) is 3.84. The molecule has 0 saturated heterocycles. The minimum absolute atomic E-state index is 0.130. The van der Waals surface area contributed by atoms with Crippen LogP contribution < -0.4 is 10.9 Å². The maximum atomic E-state index is 12.6. The fourth-order valence-electron chi connectivity index (χ4n) is 2.68. The molecule has 4 aromatic rings.